The van der Waals surface area contributed by atoms with Crippen molar-refractivity contribution in [1.82, 2.24) is 15.4 Å². The van der Waals surface area contributed by atoms with Gasteiger partial charge in [0.15, 0.2) is 0 Å². The Hall–Kier alpha value is -1.24. The molecule has 31 heavy (non-hydrogen) atoms. The summed E-state index contributed by atoms with van der Waals surface area (Å²) in [5, 5.41) is 6.99. The zero-order chi connectivity index (χ0) is 22.2. The molecule has 2 bridgehead atoms. The third-order valence-electron chi connectivity index (χ3n) is 7.82. The first kappa shape index (κ1) is 22.9. The molecule has 5 atom stereocenters. The summed E-state index contributed by atoms with van der Waals surface area (Å²) >= 11 is 7.75. The lowest BCUT2D eigenvalue weighted by Gasteiger charge is -2.51. The van der Waals surface area contributed by atoms with Crippen molar-refractivity contribution in [1.29, 1.82) is 0 Å². The number of carbonyl (C=O) groups excluding carboxylic acids is 2. The normalized spacial score (nSPS) is 33.8. The largest absolute Gasteiger partial charge is 0.359 e. The molecule has 3 fully saturated rings. The molecule has 3 saturated carbocycles. The first-order chi connectivity index (χ1) is 14.8. The van der Waals surface area contributed by atoms with Crippen LogP contribution in [-0.4, -0.2) is 30.4 Å². The average Bonchev–Trinajstić information content (AvgIpc) is 2.70. The number of amides is 2. The molecule has 0 radical (unpaired) electrons. The predicted molar refractivity (Wildman–Crippen MR) is 126 cm³/mol. The number of benzene rings is 1. The number of rotatable bonds is 6. The standard InChI is InChI=1S/C24H34ClN3O2S/c1-15-11-16-12-17(14-23(2,13-16)21(29)26-3)20(15)27-22(30)24(9-6-10-24)28-31-19-8-5-4-7-18(19)25/h4-5,7-8,15-17,20,28H,6,9-14H2,1-3H3,(H,26,29)(H,27,30). The van der Waals surface area contributed by atoms with Gasteiger partial charge in [0.25, 0.3) is 0 Å². The molecular weight excluding hydrogens is 430 g/mol. The predicted octanol–water partition coefficient (Wildman–Crippen LogP) is 4.55. The van der Waals surface area contributed by atoms with Crippen molar-refractivity contribution in [2.75, 3.05) is 7.05 Å². The van der Waals surface area contributed by atoms with E-state index in [1.165, 1.54) is 11.9 Å². The summed E-state index contributed by atoms with van der Waals surface area (Å²) in [5.41, 5.74) is -0.878. The second kappa shape index (κ2) is 8.95. The smallest absolute Gasteiger partial charge is 0.241 e. The number of fused-ring (bicyclic) bond motifs is 2. The van der Waals surface area contributed by atoms with Gasteiger partial charge >= 0.3 is 0 Å². The van der Waals surface area contributed by atoms with E-state index in [2.05, 4.69) is 29.2 Å². The minimum atomic E-state index is -0.542. The highest BCUT2D eigenvalue weighted by Gasteiger charge is 2.51. The molecule has 5 unspecified atom stereocenters. The zero-order valence-electron chi connectivity index (χ0n) is 18.7. The number of hydrogen-bond acceptors (Lipinski definition) is 4. The van der Waals surface area contributed by atoms with Crippen molar-refractivity contribution in [2.24, 2.45) is 23.2 Å². The molecule has 0 saturated heterocycles. The second-order valence-corrected chi connectivity index (χ2v) is 11.4. The minimum absolute atomic E-state index is 0.0980. The molecule has 0 aromatic heterocycles. The fraction of sp³-hybridized carbons (Fsp3) is 0.667. The second-order valence-electron chi connectivity index (χ2n) is 10.2. The Kier molecular flexibility index (Phi) is 6.62. The maximum absolute atomic E-state index is 13.5. The number of halogens is 1. The Morgan fingerprint density at radius 1 is 1.13 bits per heavy atom. The molecule has 0 spiro atoms. The Balaban J connectivity index is 1.45. The highest BCUT2D eigenvalue weighted by molar-refractivity contribution is 7.97. The lowest BCUT2D eigenvalue weighted by atomic mass is 9.57. The van der Waals surface area contributed by atoms with Crippen LogP contribution in [0.2, 0.25) is 5.02 Å². The van der Waals surface area contributed by atoms with Gasteiger partial charge in [0.1, 0.15) is 5.54 Å². The van der Waals surface area contributed by atoms with Crippen molar-refractivity contribution < 1.29 is 9.59 Å². The Bertz CT molecular complexity index is 844. The summed E-state index contributed by atoms with van der Waals surface area (Å²) in [5.74, 6) is 1.57. The number of carbonyl (C=O) groups is 2. The van der Waals surface area contributed by atoms with Crippen LogP contribution >= 0.6 is 23.5 Å². The van der Waals surface area contributed by atoms with E-state index >= 15 is 0 Å². The van der Waals surface area contributed by atoms with E-state index in [-0.39, 0.29) is 23.3 Å². The van der Waals surface area contributed by atoms with E-state index in [4.69, 9.17) is 11.6 Å². The first-order valence-electron chi connectivity index (χ1n) is 11.5. The molecule has 3 aliphatic rings. The fourth-order valence-corrected chi connectivity index (χ4v) is 7.27. The maximum Gasteiger partial charge on any atom is 0.241 e. The highest BCUT2D eigenvalue weighted by atomic mass is 35.5. The molecule has 1 aromatic rings. The third kappa shape index (κ3) is 4.49. The van der Waals surface area contributed by atoms with Gasteiger partial charge in [-0.3, -0.25) is 9.59 Å². The van der Waals surface area contributed by atoms with Gasteiger partial charge in [-0.1, -0.05) is 37.6 Å². The van der Waals surface area contributed by atoms with E-state index in [1.54, 1.807) is 7.05 Å². The highest BCUT2D eigenvalue weighted by Crippen LogP contribution is 2.50. The van der Waals surface area contributed by atoms with Gasteiger partial charge in [-0.25, -0.2) is 4.72 Å². The summed E-state index contributed by atoms with van der Waals surface area (Å²) in [4.78, 5) is 27.0. The van der Waals surface area contributed by atoms with Crippen LogP contribution in [0.4, 0.5) is 0 Å². The van der Waals surface area contributed by atoms with Crippen LogP contribution in [0.15, 0.2) is 29.2 Å². The average molecular weight is 464 g/mol. The number of nitrogens with one attached hydrogen (secondary N) is 3. The quantitative estimate of drug-likeness (QED) is 0.541. The molecule has 3 N–H and O–H groups in total. The fourth-order valence-electron chi connectivity index (χ4n) is 6.11. The van der Waals surface area contributed by atoms with Crippen molar-refractivity contribution in [3.8, 4) is 0 Å². The summed E-state index contributed by atoms with van der Waals surface area (Å²) in [6, 6.07) is 7.82. The molecule has 2 amide bonds. The Labute approximate surface area is 195 Å². The molecule has 4 rings (SSSR count). The van der Waals surface area contributed by atoms with E-state index < -0.39 is 5.54 Å². The van der Waals surface area contributed by atoms with Gasteiger partial charge in [-0.05, 0) is 86.8 Å². The van der Waals surface area contributed by atoms with Crippen LogP contribution in [-0.2, 0) is 9.59 Å². The third-order valence-corrected chi connectivity index (χ3v) is 9.33. The minimum Gasteiger partial charge on any atom is -0.359 e. The van der Waals surface area contributed by atoms with Crippen molar-refractivity contribution >= 4 is 35.4 Å². The lowest BCUT2D eigenvalue weighted by molar-refractivity contribution is -0.137. The molecule has 5 nitrogen and oxygen atoms in total. The molecular formula is C24H34ClN3O2S. The molecule has 170 valence electrons. The lowest BCUT2D eigenvalue weighted by Crippen LogP contribution is -2.63. The maximum atomic E-state index is 13.5. The van der Waals surface area contributed by atoms with Gasteiger partial charge in [-0.2, -0.15) is 0 Å². The number of hydrogen-bond donors (Lipinski definition) is 3. The van der Waals surface area contributed by atoms with Gasteiger partial charge < -0.3 is 10.6 Å². The van der Waals surface area contributed by atoms with Crippen LogP contribution < -0.4 is 15.4 Å². The van der Waals surface area contributed by atoms with Crippen LogP contribution in [0.25, 0.3) is 0 Å². The monoisotopic (exact) mass is 463 g/mol. The van der Waals surface area contributed by atoms with E-state index in [0.717, 1.165) is 49.8 Å². The van der Waals surface area contributed by atoms with Gasteiger partial charge in [0, 0.05) is 23.4 Å². The Morgan fingerprint density at radius 3 is 2.52 bits per heavy atom. The summed E-state index contributed by atoms with van der Waals surface area (Å²) < 4.78 is 3.45. The summed E-state index contributed by atoms with van der Waals surface area (Å²) in [7, 11) is 1.72. The van der Waals surface area contributed by atoms with Crippen LogP contribution in [0.5, 0.6) is 0 Å². The molecule has 0 heterocycles. The first-order valence-corrected chi connectivity index (χ1v) is 12.7. The van der Waals surface area contributed by atoms with Crippen molar-refractivity contribution in [2.45, 2.75) is 75.3 Å². The van der Waals surface area contributed by atoms with Crippen molar-refractivity contribution in [3.63, 3.8) is 0 Å². The molecule has 7 heteroatoms. The van der Waals surface area contributed by atoms with Crippen LogP contribution in [0.1, 0.15) is 58.8 Å². The van der Waals surface area contributed by atoms with Gasteiger partial charge in [-0.15, -0.1) is 0 Å². The molecule has 1 aromatic carbocycles. The zero-order valence-corrected chi connectivity index (χ0v) is 20.2. The van der Waals surface area contributed by atoms with Gasteiger partial charge in [0.2, 0.25) is 11.8 Å². The molecule has 3 aliphatic carbocycles. The summed E-state index contributed by atoms with van der Waals surface area (Å²) in [6.07, 6.45) is 6.69. The van der Waals surface area contributed by atoms with Gasteiger partial charge in [0.05, 0.1) is 5.02 Å². The van der Waals surface area contributed by atoms with Crippen LogP contribution in [0, 0.1) is 23.2 Å². The summed E-state index contributed by atoms with van der Waals surface area (Å²) in [6.45, 7) is 4.35. The van der Waals surface area contributed by atoms with Crippen molar-refractivity contribution in [3.05, 3.63) is 29.3 Å². The van der Waals surface area contributed by atoms with E-state index in [0.29, 0.717) is 22.8 Å². The van der Waals surface area contributed by atoms with E-state index in [9.17, 15) is 9.59 Å². The molecule has 0 aliphatic heterocycles. The topological polar surface area (TPSA) is 70.2 Å². The van der Waals surface area contributed by atoms with E-state index in [1.807, 2.05) is 24.3 Å². The van der Waals surface area contributed by atoms with Crippen LogP contribution in [0.3, 0.4) is 0 Å². The Morgan fingerprint density at radius 2 is 1.87 bits per heavy atom. The SMILES string of the molecule is CNC(=O)C1(C)CC2CC(C)C(NC(=O)C3(NSc4ccccc4Cl)CCC3)C(C2)C1.